The fourth-order valence-electron chi connectivity index (χ4n) is 2.63. The minimum absolute atomic E-state index is 0.136. The molecule has 3 aromatic rings. The first-order chi connectivity index (χ1) is 11.4. The van der Waals surface area contributed by atoms with Crippen LogP contribution in [0.2, 0.25) is 0 Å². The molecule has 0 N–H and O–H groups in total. The highest BCUT2D eigenvalue weighted by atomic mass is 16.6. The molecule has 0 unspecified atom stereocenters. The Balaban J connectivity index is 2.30. The fraction of sp³-hybridized carbons (Fsp3) is 0.250. The first-order valence-electron chi connectivity index (χ1n) is 7.41. The summed E-state index contributed by atoms with van der Waals surface area (Å²) in [7, 11) is 0. The highest BCUT2D eigenvalue weighted by molar-refractivity contribution is 5.78. The molecule has 0 radical (unpaired) electrons. The van der Waals surface area contributed by atoms with Crippen LogP contribution in [0.15, 0.2) is 29.3 Å². The van der Waals surface area contributed by atoms with Crippen molar-refractivity contribution in [2.75, 3.05) is 0 Å². The molecule has 3 rings (SSSR count). The highest BCUT2D eigenvalue weighted by Crippen LogP contribution is 2.20. The largest absolute Gasteiger partial charge is 0.333 e. The molecule has 8 heteroatoms. The van der Waals surface area contributed by atoms with Crippen LogP contribution in [-0.2, 0) is 6.54 Å². The standard InChI is InChI=1S/C16H15N5O3/c1-4-20-8-13(21(23)24)14(22)12-7-17-15(19-16(12)20)11-5-9(2)18-10(3)6-11/h5-8H,4H2,1-3H3. The maximum absolute atomic E-state index is 12.2. The molecule has 0 spiro atoms. The molecule has 0 bridgehead atoms. The zero-order chi connectivity index (χ0) is 17.4. The molecule has 0 fully saturated rings. The van der Waals surface area contributed by atoms with Crippen molar-refractivity contribution < 1.29 is 4.92 Å². The summed E-state index contributed by atoms with van der Waals surface area (Å²) in [4.78, 5) is 35.6. The van der Waals surface area contributed by atoms with Crippen LogP contribution in [0.25, 0.3) is 22.4 Å². The predicted molar refractivity (Wildman–Crippen MR) is 88.8 cm³/mol. The second-order valence-electron chi connectivity index (χ2n) is 5.46. The molecule has 0 aliphatic carbocycles. The molecule has 0 atom stereocenters. The molecule has 0 saturated carbocycles. The molecule has 24 heavy (non-hydrogen) atoms. The van der Waals surface area contributed by atoms with Crippen LogP contribution in [0.5, 0.6) is 0 Å². The van der Waals surface area contributed by atoms with Crippen LogP contribution < -0.4 is 5.43 Å². The van der Waals surface area contributed by atoms with Gasteiger partial charge in [0.25, 0.3) is 5.43 Å². The van der Waals surface area contributed by atoms with E-state index in [0.29, 0.717) is 18.0 Å². The van der Waals surface area contributed by atoms with Gasteiger partial charge in [0.1, 0.15) is 5.65 Å². The Hall–Kier alpha value is -3.16. The van der Waals surface area contributed by atoms with E-state index in [4.69, 9.17) is 0 Å². The molecule has 3 heterocycles. The third-order valence-corrected chi connectivity index (χ3v) is 3.67. The van der Waals surface area contributed by atoms with E-state index in [1.807, 2.05) is 32.9 Å². The predicted octanol–water partition coefficient (Wildman–Crippen LogP) is 2.40. The lowest BCUT2D eigenvalue weighted by atomic mass is 10.2. The summed E-state index contributed by atoms with van der Waals surface area (Å²) in [5.74, 6) is 0.451. The fourth-order valence-corrected chi connectivity index (χ4v) is 2.63. The lowest BCUT2D eigenvalue weighted by molar-refractivity contribution is -0.386. The first kappa shape index (κ1) is 15.7. The van der Waals surface area contributed by atoms with Gasteiger partial charge in [-0.15, -0.1) is 0 Å². The molecule has 0 aromatic carbocycles. The number of nitrogens with zero attached hydrogens (tertiary/aromatic N) is 5. The Morgan fingerprint density at radius 1 is 1.21 bits per heavy atom. The van der Waals surface area contributed by atoms with Gasteiger partial charge in [-0.25, -0.2) is 9.97 Å². The molecular formula is C16H15N5O3. The minimum atomic E-state index is -0.683. The number of hydrogen-bond donors (Lipinski definition) is 0. The van der Waals surface area contributed by atoms with Gasteiger partial charge in [-0.05, 0) is 32.9 Å². The molecule has 0 aliphatic heterocycles. The van der Waals surface area contributed by atoms with Crippen molar-refractivity contribution in [3.8, 4) is 11.4 Å². The summed E-state index contributed by atoms with van der Waals surface area (Å²) in [5.41, 5.74) is 1.70. The summed E-state index contributed by atoms with van der Waals surface area (Å²) in [6, 6.07) is 3.71. The van der Waals surface area contributed by atoms with Gasteiger partial charge in [0.2, 0.25) is 0 Å². The Bertz CT molecular complexity index is 1010. The average molecular weight is 325 g/mol. The second-order valence-corrected chi connectivity index (χ2v) is 5.46. The van der Waals surface area contributed by atoms with Gasteiger partial charge in [0.05, 0.1) is 16.5 Å². The van der Waals surface area contributed by atoms with E-state index >= 15 is 0 Å². The van der Waals surface area contributed by atoms with Crippen molar-refractivity contribution in [1.29, 1.82) is 0 Å². The SMILES string of the molecule is CCn1cc([N+](=O)[O-])c(=O)c2cnc(-c3cc(C)nc(C)c3)nc21. The average Bonchev–Trinajstić information content (AvgIpc) is 2.53. The van der Waals surface area contributed by atoms with E-state index in [-0.39, 0.29) is 5.39 Å². The third kappa shape index (κ3) is 2.62. The van der Waals surface area contributed by atoms with Crippen LogP contribution >= 0.6 is 0 Å². The van der Waals surface area contributed by atoms with Crippen LogP contribution in [0.3, 0.4) is 0 Å². The minimum Gasteiger partial charge on any atom is -0.326 e. The number of fused-ring (bicyclic) bond motifs is 1. The summed E-state index contributed by atoms with van der Waals surface area (Å²) in [6.45, 7) is 6.03. The van der Waals surface area contributed by atoms with Gasteiger partial charge in [0.15, 0.2) is 5.82 Å². The van der Waals surface area contributed by atoms with Crippen molar-refractivity contribution >= 4 is 16.7 Å². The van der Waals surface area contributed by atoms with Crippen molar-refractivity contribution in [3.05, 3.63) is 56.3 Å². The Kier molecular flexibility index (Phi) is 3.80. The maximum atomic E-state index is 12.2. The molecule has 0 amide bonds. The monoisotopic (exact) mass is 325 g/mol. The molecule has 0 aliphatic rings. The van der Waals surface area contributed by atoms with E-state index in [9.17, 15) is 14.9 Å². The number of nitro groups is 1. The molecule has 3 aromatic heterocycles. The third-order valence-electron chi connectivity index (χ3n) is 3.67. The normalized spacial score (nSPS) is 11.0. The van der Waals surface area contributed by atoms with E-state index < -0.39 is 16.0 Å². The number of rotatable bonds is 3. The summed E-state index contributed by atoms with van der Waals surface area (Å²) in [6.07, 6.45) is 2.58. The van der Waals surface area contributed by atoms with Gasteiger partial charge in [0, 0.05) is 29.7 Å². The highest BCUT2D eigenvalue weighted by Gasteiger charge is 2.19. The van der Waals surface area contributed by atoms with Crippen molar-refractivity contribution in [1.82, 2.24) is 19.5 Å². The Labute approximate surface area is 137 Å². The number of hydrogen-bond acceptors (Lipinski definition) is 6. The number of aromatic nitrogens is 4. The van der Waals surface area contributed by atoms with Gasteiger partial charge in [-0.2, -0.15) is 0 Å². The van der Waals surface area contributed by atoms with Crippen molar-refractivity contribution in [2.45, 2.75) is 27.3 Å². The number of aryl methyl sites for hydroxylation is 3. The van der Waals surface area contributed by atoms with E-state index in [1.54, 1.807) is 4.57 Å². The molecule has 122 valence electrons. The van der Waals surface area contributed by atoms with E-state index in [0.717, 1.165) is 17.0 Å². The second kappa shape index (κ2) is 5.80. The molecular weight excluding hydrogens is 310 g/mol. The van der Waals surface area contributed by atoms with E-state index in [2.05, 4.69) is 15.0 Å². The lowest BCUT2D eigenvalue weighted by Gasteiger charge is -2.09. The van der Waals surface area contributed by atoms with E-state index in [1.165, 1.54) is 12.4 Å². The smallest absolute Gasteiger partial charge is 0.326 e. The summed E-state index contributed by atoms with van der Waals surface area (Å²) < 4.78 is 1.58. The van der Waals surface area contributed by atoms with Crippen LogP contribution in [0, 0.1) is 24.0 Å². The van der Waals surface area contributed by atoms with Crippen LogP contribution in [0.1, 0.15) is 18.3 Å². The Morgan fingerprint density at radius 2 is 1.88 bits per heavy atom. The van der Waals surface area contributed by atoms with Gasteiger partial charge in [-0.3, -0.25) is 19.9 Å². The van der Waals surface area contributed by atoms with Crippen molar-refractivity contribution in [2.24, 2.45) is 0 Å². The van der Waals surface area contributed by atoms with Crippen LogP contribution in [0.4, 0.5) is 5.69 Å². The first-order valence-corrected chi connectivity index (χ1v) is 7.41. The quantitative estimate of drug-likeness (QED) is 0.541. The molecule has 8 nitrogen and oxygen atoms in total. The molecule has 0 saturated heterocycles. The topological polar surface area (TPSA) is 104 Å². The summed E-state index contributed by atoms with van der Waals surface area (Å²) in [5, 5.41) is 11.2. The zero-order valence-corrected chi connectivity index (χ0v) is 13.5. The zero-order valence-electron chi connectivity index (χ0n) is 13.5. The Morgan fingerprint density at radius 3 is 2.46 bits per heavy atom. The summed E-state index contributed by atoms with van der Waals surface area (Å²) >= 11 is 0. The van der Waals surface area contributed by atoms with Gasteiger partial charge >= 0.3 is 5.69 Å². The van der Waals surface area contributed by atoms with Gasteiger partial charge in [-0.1, -0.05) is 0 Å². The lowest BCUT2D eigenvalue weighted by Crippen LogP contribution is -2.15. The van der Waals surface area contributed by atoms with Crippen molar-refractivity contribution in [3.63, 3.8) is 0 Å². The number of pyridine rings is 2. The maximum Gasteiger partial charge on any atom is 0.333 e. The van der Waals surface area contributed by atoms with Gasteiger partial charge < -0.3 is 4.57 Å². The van der Waals surface area contributed by atoms with Crippen LogP contribution in [-0.4, -0.2) is 24.4 Å².